The van der Waals surface area contributed by atoms with Gasteiger partial charge in [-0.3, -0.25) is 4.90 Å². The molecule has 0 saturated heterocycles. The van der Waals surface area contributed by atoms with Gasteiger partial charge in [-0.15, -0.1) is 0 Å². The van der Waals surface area contributed by atoms with E-state index in [0.717, 1.165) is 58.4 Å². The van der Waals surface area contributed by atoms with Gasteiger partial charge in [0.2, 0.25) is 0 Å². The predicted octanol–water partition coefficient (Wildman–Crippen LogP) is 1.31. The molecule has 0 N–H and O–H groups in total. The lowest BCUT2D eigenvalue weighted by molar-refractivity contribution is 0.0610. The second kappa shape index (κ2) is 14.3. The molecule has 0 saturated carbocycles. The smallest absolute Gasteiger partial charge is 0.0593 e. The van der Waals surface area contributed by atoms with Crippen molar-refractivity contribution in [3.63, 3.8) is 0 Å². The van der Waals surface area contributed by atoms with Crippen molar-refractivity contribution >= 4 is 12.6 Å². The van der Waals surface area contributed by atoms with Gasteiger partial charge >= 0.3 is 0 Å². The van der Waals surface area contributed by atoms with E-state index in [-0.39, 0.29) is 0 Å². The van der Waals surface area contributed by atoms with E-state index in [1.54, 1.807) is 0 Å². The topological polar surface area (TPSA) is 30.9 Å². The molecule has 4 nitrogen and oxygen atoms in total. The average molecular weight is 265 g/mol. The normalized spacial score (nSPS) is 11.3. The van der Waals surface area contributed by atoms with Crippen LogP contribution < -0.4 is 0 Å². The number of nitrogens with zero attached hydrogens (tertiary/aromatic N) is 1. The van der Waals surface area contributed by atoms with Crippen molar-refractivity contribution in [2.45, 2.75) is 13.8 Å². The molecule has 0 atom stereocenters. The molecule has 0 amide bonds. The fourth-order valence-electron chi connectivity index (χ4n) is 1.37. The molecule has 0 fully saturated rings. The van der Waals surface area contributed by atoms with E-state index in [9.17, 15) is 0 Å². The van der Waals surface area contributed by atoms with Crippen molar-refractivity contribution in [2.75, 3.05) is 65.0 Å². The Balaban J connectivity index is 3.60. The van der Waals surface area contributed by atoms with E-state index in [2.05, 4.69) is 17.5 Å². The second-order valence-electron chi connectivity index (χ2n) is 3.57. The standard InChI is InChI=1S/C12H27NO3S/c1-3-14-8-5-13(6-9-15-4-2)7-10-16-11-12-17/h17H,3-12H2,1-2H3. The van der Waals surface area contributed by atoms with Crippen LogP contribution in [0.3, 0.4) is 0 Å². The molecule has 17 heavy (non-hydrogen) atoms. The van der Waals surface area contributed by atoms with E-state index >= 15 is 0 Å². The monoisotopic (exact) mass is 265 g/mol. The fraction of sp³-hybridized carbons (Fsp3) is 1.00. The van der Waals surface area contributed by atoms with Crippen LogP contribution in [0.2, 0.25) is 0 Å². The fourth-order valence-corrected chi connectivity index (χ4v) is 1.50. The highest BCUT2D eigenvalue weighted by Crippen LogP contribution is 1.91. The van der Waals surface area contributed by atoms with Crippen molar-refractivity contribution in [3.8, 4) is 0 Å². The molecular formula is C12H27NO3S. The number of rotatable bonds is 13. The van der Waals surface area contributed by atoms with Crippen LogP contribution in [0, 0.1) is 0 Å². The van der Waals surface area contributed by atoms with E-state index in [4.69, 9.17) is 14.2 Å². The van der Waals surface area contributed by atoms with Crippen molar-refractivity contribution in [1.29, 1.82) is 0 Å². The van der Waals surface area contributed by atoms with Gasteiger partial charge in [-0.1, -0.05) is 0 Å². The van der Waals surface area contributed by atoms with E-state index in [0.29, 0.717) is 6.61 Å². The molecule has 0 heterocycles. The minimum absolute atomic E-state index is 0.716. The van der Waals surface area contributed by atoms with Gasteiger partial charge in [-0.25, -0.2) is 0 Å². The Labute approximate surface area is 111 Å². The highest BCUT2D eigenvalue weighted by Gasteiger charge is 2.04. The first-order chi connectivity index (χ1) is 8.35. The predicted molar refractivity (Wildman–Crippen MR) is 74.1 cm³/mol. The molecule has 0 aromatic carbocycles. The average Bonchev–Trinajstić information content (AvgIpc) is 2.34. The third-order valence-corrected chi connectivity index (χ3v) is 2.48. The van der Waals surface area contributed by atoms with Crippen LogP contribution in [-0.2, 0) is 14.2 Å². The molecule has 5 heteroatoms. The third-order valence-electron chi connectivity index (χ3n) is 2.30. The van der Waals surface area contributed by atoms with Gasteiger partial charge < -0.3 is 14.2 Å². The molecule has 0 rings (SSSR count). The largest absolute Gasteiger partial charge is 0.380 e. The molecule has 0 bridgehead atoms. The maximum absolute atomic E-state index is 5.43. The highest BCUT2D eigenvalue weighted by molar-refractivity contribution is 7.80. The number of ether oxygens (including phenoxy) is 3. The molecule has 0 aromatic rings. The summed E-state index contributed by atoms with van der Waals surface area (Å²) in [7, 11) is 0. The van der Waals surface area contributed by atoms with Gasteiger partial charge in [0, 0.05) is 38.6 Å². The summed E-state index contributed by atoms with van der Waals surface area (Å²) in [6.07, 6.45) is 0. The Bertz CT molecular complexity index is 140. The second-order valence-corrected chi connectivity index (χ2v) is 4.02. The van der Waals surface area contributed by atoms with Crippen molar-refractivity contribution < 1.29 is 14.2 Å². The Morgan fingerprint density at radius 1 is 0.765 bits per heavy atom. The molecule has 0 unspecified atom stereocenters. The summed E-state index contributed by atoms with van der Waals surface area (Å²) < 4.78 is 16.2. The summed E-state index contributed by atoms with van der Waals surface area (Å²) in [6, 6.07) is 0. The van der Waals surface area contributed by atoms with Crippen LogP contribution in [-0.4, -0.2) is 69.9 Å². The first kappa shape index (κ1) is 17.2. The SMILES string of the molecule is CCOCCN(CCOCC)CCOCCS. The third kappa shape index (κ3) is 12.4. The minimum atomic E-state index is 0.716. The number of hydrogen-bond donors (Lipinski definition) is 1. The molecular weight excluding hydrogens is 238 g/mol. The Kier molecular flexibility index (Phi) is 14.4. The molecule has 0 aliphatic carbocycles. The Morgan fingerprint density at radius 2 is 1.24 bits per heavy atom. The number of hydrogen-bond acceptors (Lipinski definition) is 5. The quantitative estimate of drug-likeness (QED) is 0.402. The van der Waals surface area contributed by atoms with Gasteiger partial charge in [0.1, 0.15) is 0 Å². The maximum atomic E-state index is 5.43. The van der Waals surface area contributed by atoms with Crippen LogP contribution in [0.25, 0.3) is 0 Å². The first-order valence-corrected chi connectivity index (χ1v) is 7.04. The molecule has 0 aliphatic rings. The molecule has 0 aliphatic heterocycles. The van der Waals surface area contributed by atoms with Crippen molar-refractivity contribution in [1.82, 2.24) is 4.90 Å². The zero-order valence-electron chi connectivity index (χ0n) is 11.2. The summed E-state index contributed by atoms with van der Waals surface area (Å²) >= 11 is 4.10. The maximum Gasteiger partial charge on any atom is 0.0593 e. The van der Waals surface area contributed by atoms with Crippen LogP contribution in [0.1, 0.15) is 13.8 Å². The van der Waals surface area contributed by atoms with Crippen LogP contribution in [0.4, 0.5) is 0 Å². The lowest BCUT2D eigenvalue weighted by Gasteiger charge is -2.21. The van der Waals surface area contributed by atoms with Gasteiger partial charge in [-0.05, 0) is 13.8 Å². The summed E-state index contributed by atoms with van der Waals surface area (Å²) in [5.41, 5.74) is 0. The molecule has 0 aromatic heterocycles. The summed E-state index contributed by atoms with van der Waals surface area (Å²) in [5.74, 6) is 0.776. The van der Waals surface area contributed by atoms with E-state index in [1.165, 1.54) is 0 Å². The Hall–Kier alpha value is 0.190. The number of thiol groups is 1. The molecule has 0 radical (unpaired) electrons. The lowest BCUT2D eigenvalue weighted by Crippen LogP contribution is -2.34. The van der Waals surface area contributed by atoms with Crippen molar-refractivity contribution in [2.24, 2.45) is 0 Å². The summed E-state index contributed by atoms with van der Waals surface area (Å²) in [6.45, 7) is 11.4. The zero-order valence-corrected chi connectivity index (χ0v) is 12.1. The summed E-state index contributed by atoms with van der Waals surface area (Å²) in [4.78, 5) is 2.31. The van der Waals surface area contributed by atoms with Gasteiger partial charge in [0.25, 0.3) is 0 Å². The van der Waals surface area contributed by atoms with Gasteiger partial charge in [0.15, 0.2) is 0 Å². The highest BCUT2D eigenvalue weighted by atomic mass is 32.1. The van der Waals surface area contributed by atoms with Crippen LogP contribution >= 0.6 is 12.6 Å². The lowest BCUT2D eigenvalue weighted by atomic mass is 10.4. The van der Waals surface area contributed by atoms with E-state index < -0.39 is 0 Å². The zero-order chi connectivity index (χ0) is 12.8. The van der Waals surface area contributed by atoms with Crippen molar-refractivity contribution in [3.05, 3.63) is 0 Å². The molecule has 104 valence electrons. The van der Waals surface area contributed by atoms with Gasteiger partial charge in [-0.2, -0.15) is 12.6 Å². The molecule has 0 spiro atoms. The minimum Gasteiger partial charge on any atom is -0.380 e. The van der Waals surface area contributed by atoms with Crippen LogP contribution in [0.5, 0.6) is 0 Å². The first-order valence-electron chi connectivity index (χ1n) is 6.41. The van der Waals surface area contributed by atoms with Gasteiger partial charge in [0.05, 0.1) is 26.4 Å². The van der Waals surface area contributed by atoms with E-state index in [1.807, 2.05) is 13.8 Å². The Morgan fingerprint density at radius 3 is 1.65 bits per heavy atom. The summed E-state index contributed by atoms with van der Waals surface area (Å²) in [5, 5.41) is 0. The van der Waals surface area contributed by atoms with Crippen LogP contribution in [0.15, 0.2) is 0 Å².